The molecule has 1 aliphatic heterocycles. The van der Waals surface area contributed by atoms with Gasteiger partial charge in [-0.05, 0) is 53.6 Å². The zero-order valence-corrected chi connectivity index (χ0v) is 17.7. The summed E-state index contributed by atoms with van der Waals surface area (Å²) in [5.74, 6) is -2.03. The van der Waals surface area contributed by atoms with Gasteiger partial charge in [0.1, 0.15) is 17.3 Å². The average Bonchev–Trinajstić information content (AvgIpc) is 3.04. The van der Waals surface area contributed by atoms with Gasteiger partial charge in [0.15, 0.2) is 0 Å². The van der Waals surface area contributed by atoms with Crippen LogP contribution in [0.5, 0.6) is 5.75 Å². The third-order valence-electron chi connectivity index (χ3n) is 5.25. The lowest BCUT2D eigenvalue weighted by atomic mass is 9.95. The normalized spacial score (nSPS) is 17.6. The Labute approximate surface area is 188 Å². The Bertz CT molecular complexity index is 1210. The number of amides is 1. The summed E-state index contributed by atoms with van der Waals surface area (Å²) in [5, 5.41) is 11.3. The van der Waals surface area contributed by atoms with E-state index in [0.717, 1.165) is 5.56 Å². The number of rotatable bonds is 5. The first-order valence-corrected chi connectivity index (χ1v) is 10.0. The molecular weight excluding hydrogens is 435 g/mol. The number of nitrogens with zero attached hydrogens (tertiary/aromatic N) is 2. The summed E-state index contributed by atoms with van der Waals surface area (Å²) < 4.78 is 18.7. The van der Waals surface area contributed by atoms with Gasteiger partial charge in [-0.3, -0.25) is 14.6 Å². The number of methoxy groups -OCH3 is 1. The second-order valence-electron chi connectivity index (χ2n) is 7.18. The maximum atomic E-state index is 13.6. The van der Waals surface area contributed by atoms with Gasteiger partial charge >= 0.3 is 0 Å². The van der Waals surface area contributed by atoms with Gasteiger partial charge in [0, 0.05) is 24.5 Å². The Kier molecular flexibility index (Phi) is 5.92. The van der Waals surface area contributed by atoms with Gasteiger partial charge in [-0.2, -0.15) is 0 Å². The van der Waals surface area contributed by atoms with Crippen LogP contribution in [0, 0.1) is 5.82 Å². The molecule has 2 heterocycles. The molecule has 1 atom stereocenters. The van der Waals surface area contributed by atoms with E-state index in [0.29, 0.717) is 11.3 Å². The topological polar surface area (TPSA) is 79.7 Å². The average molecular weight is 453 g/mol. The molecule has 0 bridgehead atoms. The summed E-state index contributed by atoms with van der Waals surface area (Å²) in [6, 6.07) is 12.5. The van der Waals surface area contributed by atoms with E-state index in [1.807, 2.05) is 0 Å². The van der Waals surface area contributed by atoms with Crippen LogP contribution in [0.15, 0.2) is 72.6 Å². The van der Waals surface area contributed by atoms with E-state index >= 15 is 0 Å². The lowest BCUT2D eigenvalue weighted by Crippen LogP contribution is -2.29. The number of hydrogen-bond donors (Lipinski definition) is 1. The van der Waals surface area contributed by atoms with Crippen LogP contribution in [0.3, 0.4) is 0 Å². The van der Waals surface area contributed by atoms with Crippen molar-refractivity contribution in [2.75, 3.05) is 7.11 Å². The molecule has 1 fully saturated rings. The number of halogens is 2. The molecule has 1 aromatic heterocycles. The van der Waals surface area contributed by atoms with Crippen molar-refractivity contribution in [3.63, 3.8) is 0 Å². The van der Waals surface area contributed by atoms with Gasteiger partial charge in [0.2, 0.25) is 0 Å². The van der Waals surface area contributed by atoms with Gasteiger partial charge in [-0.1, -0.05) is 23.7 Å². The van der Waals surface area contributed by atoms with Crippen LogP contribution in [-0.4, -0.2) is 33.8 Å². The van der Waals surface area contributed by atoms with Crippen molar-refractivity contribution in [1.29, 1.82) is 0 Å². The first-order chi connectivity index (χ1) is 15.4. The van der Waals surface area contributed by atoms with E-state index in [2.05, 4.69) is 4.98 Å². The van der Waals surface area contributed by atoms with Crippen molar-refractivity contribution in [2.45, 2.75) is 12.6 Å². The summed E-state index contributed by atoms with van der Waals surface area (Å²) in [4.78, 5) is 31.3. The zero-order chi connectivity index (χ0) is 22.8. The maximum absolute atomic E-state index is 13.6. The molecule has 4 rings (SSSR count). The minimum atomic E-state index is -0.912. The number of hydrogen-bond acceptors (Lipinski definition) is 5. The molecule has 6 nitrogen and oxygen atoms in total. The predicted molar refractivity (Wildman–Crippen MR) is 116 cm³/mol. The van der Waals surface area contributed by atoms with Crippen molar-refractivity contribution in [3.05, 3.63) is 100 Å². The van der Waals surface area contributed by atoms with E-state index in [4.69, 9.17) is 16.3 Å². The molecule has 0 aliphatic carbocycles. The minimum absolute atomic E-state index is 0.100. The highest BCUT2D eigenvalue weighted by Crippen LogP contribution is 2.41. The Balaban J connectivity index is 1.86. The van der Waals surface area contributed by atoms with Gasteiger partial charge in [-0.25, -0.2) is 4.39 Å². The Morgan fingerprint density at radius 1 is 1.12 bits per heavy atom. The number of carbonyl (C=O) groups excluding carboxylic acids is 2. The number of ketones is 1. The van der Waals surface area contributed by atoms with E-state index in [-0.39, 0.29) is 28.5 Å². The molecule has 1 unspecified atom stereocenters. The van der Waals surface area contributed by atoms with E-state index in [1.54, 1.807) is 30.6 Å². The number of aliphatic hydroxyl groups is 1. The lowest BCUT2D eigenvalue weighted by Gasteiger charge is -2.25. The van der Waals surface area contributed by atoms with Crippen molar-refractivity contribution >= 4 is 29.1 Å². The fourth-order valence-electron chi connectivity index (χ4n) is 3.69. The summed E-state index contributed by atoms with van der Waals surface area (Å²) in [5.41, 5.74) is 1.39. The monoisotopic (exact) mass is 452 g/mol. The molecule has 0 radical (unpaired) electrons. The number of pyridine rings is 1. The third kappa shape index (κ3) is 3.94. The fourth-order valence-corrected chi connectivity index (χ4v) is 3.95. The molecule has 0 spiro atoms. The molecular formula is C24H18ClFN2O4. The van der Waals surface area contributed by atoms with Crippen LogP contribution < -0.4 is 4.74 Å². The van der Waals surface area contributed by atoms with Crippen molar-refractivity contribution in [3.8, 4) is 5.75 Å². The highest BCUT2D eigenvalue weighted by Gasteiger charge is 2.46. The molecule has 32 heavy (non-hydrogen) atoms. The summed E-state index contributed by atoms with van der Waals surface area (Å²) in [6.45, 7) is 0.106. The van der Waals surface area contributed by atoms with Gasteiger partial charge in [-0.15, -0.1) is 0 Å². The van der Waals surface area contributed by atoms with Crippen molar-refractivity contribution in [2.24, 2.45) is 0 Å². The largest absolute Gasteiger partial charge is 0.507 e. The number of benzene rings is 2. The quantitative estimate of drug-likeness (QED) is 0.350. The Morgan fingerprint density at radius 3 is 2.44 bits per heavy atom. The molecule has 1 saturated heterocycles. The van der Waals surface area contributed by atoms with Crippen LogP contribution in [-0.2, 0) is 16.1 Å². The summed E-state index contributed by atoms with van der Waals surface area (Å²) in [6.07, 6.45) is 3.16. The number of likely N-dealkylation sites (tertiary alicyclic amines) is 1. The van der Waals surface area contributed by atoms with E-state index in [9.17, 15) is 19.1 Å². The molecule has 1 amide bonds. The van der Waals surface area contributed by atoms with Crippen LogP contribution in [0.2, 0.25) is 5.02 Å². The standard InChI is InChI=1S/C24H18ClFN2O4/c1-32-19-7-4-16(12-18(19)25)22(29)20-21(15-2-5-17(26)6-3-15)28(24(31)23(20)30)13-14-8-10-27-11-9-14/h2-12,21,29H,13H2,1H3/b22-20-. The smallest absolute Gasteiger partial charge is 0.295 e. The molecule has 162 valence electrons. The number of carbonyl (C=O) groups is 2. The third-order valence-corrected chi connectivity index (χ3v) is 5.55. The van der Waals surface area contributed by atoms with Crippen LogP contribution in [0.4, 0.5) is 4.39 Å². The van der Waals surface area contributed by atoms with Crippen molar-refractivity contribution in [1.82, 2.24) is 9.88 Å². The van der Waals surface area contributed by atoms with Gasteiger partial charge in [0.25, 0.3) is 11.7 Å². The number of ether oxygens (including phenoxy) is 1. The molecule has 1 N–H and O–H groups in total. The van der Waals surface area contributed by atoms with Gasteiger partial charge < -0.3 is 14.7 Å². The minimum Gasteiger partial charge on any atom is -0.507 e. The lowest BCUT2D eigenvalue weighted by molar-refractivity contribution is -0.140. The van der Waals surface area contributed by atoms with E-state index in [1.165, 1.54) is 48.4 Å². The Hall–Kier alpha value is -3.71. The molecule has 3 aromatic rings. The molecule has 8 heteroatoms. The molecule has 2 aromatic carbocycles. The second kappa shape index (κ2) is 8.80. The van der Waals surface area contributed by atoms with E-state index < -0.39 is 23.5 Å². The fraction of sp³-hybridized carbons (Fsp3) is 0.125. The van der Waals surface area contributed by atoms with Crippen LogP contribution >= 0.6 is 11.6 Å². The summed E-state index contributed by atoms with van der Waals surface area (Å²) in [7, 11) is 1.46. The number of Topliss-reactive ketones (excluding diaryl/α,β-unsaturated/α-hetero) is 1. The highest BCUT2D eigenvalue weighted by atomic mass is 35.5. The van der Waals surface area contributed by atoms with Crippen LogP contribution in [0.1, 0.15) is 22.7 Å². The predicted octanol–water partition coefficient (Wildman–Crippen LogP) is 4.50. The van der Waals surface area contributed by atoms with Gasteiger partial charge in [0.05, 0.1) is 23.7 Å². The van der Waals surface area contributed by atoms with Crippen LogP contribution in [0.25, 0.3) is 5.76 Å². The molecule has 1 aliphatic rings. The number of aromatic nitrogens is 1. The SMILES string of the molecule is COc1ccc(/C(O)=C2/C(=O)C(=O)N(Cc3ccncc3)C2c2ccc(F)cc2)cc1Cl. The summed E-state index contributed by atoms with van der Waals surface area (Å²) >= 11 is 6.18. The van der Waals surface area contributed by atoms with Crippen molar-refractivity contribution < 1.29 is 23.8 Å². The maximum Gasteiger partial charge on any atom is 0.295 e. The highest BCUT2D eigenvalue weighted by molar-refractivity contribution is 6.46. The first-order valence-electron chi connectivity index (χ1n) is 9.67. The number of aliphatic hydroxyl groups excluding tert-OH is 1. The first kappa shape index (κ1) is 21.5. The second-order valence-corrected chi connectivity index (χ2v) is 7.59. The Morgan fingerprint density at radius 2 is 1.81 bits per heavy atom. The zero-order valence-electron chi connectivity index (χ0n) is 17.0. The molecule has 0 saturated carbocycles.